The van der Waals surface area contributed by atoms with Crippen LogP contribution in [0.15, 0.2) is 36.4 Å². The molecule has 0 radical (unpaired) electrons. The van der Waals surface area contributed by atoms with Gasteiger partial charge in [-0.25, -0.2) is 0 Å². The molecule has 138 valence electrons. The second-order valence-electron chi connectivity index (χ2n) is 6.44. The van der Waals surface area contributed by atoms with Crippen LogP contribution in [0.5, 0.6) is 0 Å². The maximum absolute atomic E-state index is 12.6. The molecule has 1 amide bonds. The fraction of sp³-hybridized carbons (Fsp3) is 0.316. The number of amides is 1. The van der Waals surface area contributed by atoms with Gasteiger partial charge in [0, 0.05) is 18.1 Å². The van der Waals surface area contributed by atoms with Crippen molar-refractivity contribution in [3.63, 3.8) is 0 Å². The van der Waals surface area contributed by atoms with Crippen molar-refractivity contribution in [2.24, 2.45) is 5.92 Å². The molecule has 3 nitrogen and oxygen atoms in total. The molecule has 1 aliphatic heterocycles. The number of hydrogen-bond donors (Lipinski definition) is 1. The van der Waals surface area contributed by atoms with E-state index in [1.807, 2.05) is 12.1 Å². The van der Waals surface area contributed by atoms with Crippen LogP contribution in [-0.2, 0) is 11.3 Å². The van der Waals surface area contributed by atoms with Crippen LogP contribution in [0, 0.1) is 5.92 Å². The molecule has 3 rings (SSSR count). The lowest BCUT2D eigenvalue weighted by Gasteiger charge is -2.32. The Hall–Kier alpha value is -0.970. The largest absolute Gasteiger partial charge is 0.324 e. The summed E-state index contributed by atoms with van der Waals surface area (Å²) in [7, 11) is 0. The van der Waals surface area contributed by atoms with Gasteiger partial charge in [0.1, 0.15) is 0 Å². The average Bonchev–Trinajstić information content (AvgIpc) is 2.61. The van der Waals surface area contributed by atoms with Crippen LogP contribution in [0.2, 0.25) is 20.1 Å². The van der Waals surface area contributed by atoms with Gasteiger partial charge in [-0.2, -0.15) is 0 Å². The zero-order valence-corrected chi connectivity index (χ0v) is 17.0. The first kappa shape index (κ1) is 19.8. The number of hydrogen-bond acceptors (Lipinski definition) is 2. The predicted molar refractivity (Wildman–Crippen MR) is 110 cm³/mol. The van der Waals surface area contributed by atoms with Crippen molar-refractivity contribution < 1.29 is 4.79 Å². The summed E-state index contributed by atoms with van der Waals surface area (Å²) in [5.74, 6) is -0.105. The van der Waals surface area contributed by atoms with Crippen LogP contribution in [0.4, 0.5) is 5.69 Å². The Kier molecular flexibility index (Phi) is 6.70. The molecule has 26 heavy (non-hydrogen) atoms. The summed E-state index contributed by atoms with van der Waals surface area (Å²) in [6.07, 6.45) is 1.82. The molecule has 0 aliphatic carbocycles. The third-order valence-corrected chi connectivity index (χ3v) is 5.74. The highest BCUT2D eigenvalue weighted by molar-refractivity contribution is 6.42. The smallest absolute Gasteiger partial charge is 0.228 e. The second kappa shape index (κ2) is 8.81. The van der Waals surface area contributed by atoms with E-state index in [2.05, 4.69) is 10.2 Å². The minimum Gasteiger partial charge on any atom is -0.324 e. The molecule has 1 heterocycles. The molecule has 0 saturated carbocycles. The lowest BCUT2D eigenvalue weighted by atomic mass is 9.96. The van der Waals surface area contributed by atoms with Crippen LogP contribution < -0.4 is 5.32 Å². The Morgan fingerprint density at radius 3 is 2.58 bits per heavy atom. The Morgan fingerprint density at radius 1 is 1.04 bits per heavy atom. The van der Waals surface area contributed by atoms with Gasteiger partial charge in [0.15, 0.2) is 0 Å². The van der Waals surface area contributed by atoms with Gasteiger partial charge in [0.2, 0.25) is 5.91 Å². The number of carbonyl (C=O) groups excluding carboxylic acids is 1. The quantitative estimate of drug-likeness (QED) is 0.629. The number of anilines is 1. The lowest BCUT2D eigenvalue weighted by Crippen LogP contribution is -2.40. The summed E-state index contributed by atoms with van der Waals surface area (Å²) >= 11 is 24.1. The number of nitrogens with one attached hydrogen (secondary N) is 1. The molecule has 0 aromatic heterocycles. The van der Waals surface area contributed by atoms with E-state index in [1.54, 1.807) is 24.3 Å². The van der Waals surface area contributed by atoms with Crippen molar-refractivity contribution in [1.82, 2.24) is 4.90 Å². The average molecular weight is 432 g/mol. The number of piperidine rings is 1. The highest BCUT2D eigenvalue weighted by atomic mass is 35.5. The van der Waals surface area contributed by atoms with Gasteiger partial charge < -0.3 is 5.32 Å². The zero-order chi connectivity index (χ0) is 18.7. The Labute approximate surface area is 173 Å². The number of benzene rings is 2. The summed E-state index contributed by atoms with van der Waals surface area (Å²) in [5.41, 5.74) is 1.67. The summed E-state index contributed by atoms with van der Waals surface area (Å²) < 4.78 is 0. The molecule has 0 spiro atoms. The first-order chi connectivity index (χ1) is 12.4. The molecular weight excluding hydrogens is 414 g/mol. The molecule has 1 aliphatic rings. The maximum atomic E-state index is 12.6. The highest BCUT2D eigenvalue weighted by Crippen LogP contribution is 2.28. The van der Waals surface area contributed by atoms with Crippen LogP contribution in [0.3, 0.4) is 0 Å². The fourth-order valence-electron chi connectivity index (χ4n) is 3.13. The van der Waals surface area contributed by atoms with Gasteiger partial charge >= 0.3 is 0 Å². The fourth-order valence-corrected chi connectivity index (χ4v) is 3.91. The van der Waals surface area contributed by atoms with Gasteiger partial charge in [-0.15, -0.1) is 0 Å². The SMILES string of the molecule is O=C(Nc1ccc(Cl)cc1Cl)C1CCCN(Cc2ccc(Cl)c(Cl)c2)C1. The monoisotopic (exact) mass is 430 g/mol. The lowest BCUT2D eigenvalue weighted by molar-refractivity contribution is -0.121. The number of nitrogens with zero attached hydrogens (tertiary/aromatic N) is 1. The van der Waals surface area contributed by atoms with Crippen molar-refractivity contribution in [1.29, 1.82) is 0 Å². The third kappa shape index (κ3) is 5.05. The van der Waals surface area contributed by atoms with Crippen molar-refractivity contribution >= 4 is 58.0 Å². The second-order valence-corrected chi connectivity index (χ2v) is 8.09. The number of halogens is 4. The number of rotatable bonds is 4. The number of carbonyl (C=O) groups is 1. The zero-order valence-electron chi connectivity index (χ0n) is 13.9. The van der Waals surface area contributed by atoms with Crippen molar-refractivity contribution in [2.75, 3.05) is 18.4 Å². The van der Waals surface area contributed by atoms with Gasteiger partial charge in [-0.1, -0.05) is 52.5 Å². The van der Waals surface area contributed by atoms with Crippen LogP contribution in [-0.4, -0.2) is 23.9 Å². The van der Waals surface area contributed by atoms with Gasteiger partial charge in [-0.05, 0) is 55.3 Å². The molecule has 0 bridgehead atoms. The van der Waals surface area contributed by atoms with Crippen LogP contribution >= 0.6 is 46.4 Å². The molecule has 2 aromatic rings. The molecule has 1 N–H and O–H groups in total. The van der Waals surface area contributed by atoms with Crippen LogP contribution in [0.25, 0.3) is 0 Å². The van der Waals surface area contributed by atoms with Gasteiger partial charge in [0.25, 0.3) is 0 Å². The molecule has 1 saturated heterocycles. The van der Waals surface area contributed by atoms with E-state index in [-0.39, 0.29) is 11.8 Å². The summed E-state index contributed by atoms with van der Waals surface area (Å²) in [6.45, 7) is 2.38. The van der Waals surface area contributed by atoms with Crippen molar-refractivity contribution in [3.8, 4) is 0 Å². The highest BCUT2D eigenvalue weighted by Gasteiger charge is 2.26. The standard InChI is InChI=1S/C19H18Cl4N2O/c20-14-4-6-18(17(23)9-14)24-19(26)13-2-1-7-25(11-13)10-12-3-5-15(21)16(22)8-12/h3-6,8-9,13H,1-2,7,10-11H2,(H,24,26). The van der Waals surface area contributed by atoms with Crippen molar-refractivity contribution in [2.45, 2.75) is 19.4 Å². The minimum atomic E-state index is -0.0849. The van der Waals surface area contributed by atoms with E-state index in [4.69, 9.17) is 46.4 Å². The number of likely N-dealkylation sites (tertiary alicyclic amines) is 1. The Balaban J connectivity index is 1.62. The first-order valence-electron chi connectivity index (χ1n) is 8.34. The van der Waals surface area contributed by atoms with E-state index in [9.17, 15) is 4.79 Å². The normalized spacial score (nSPS) is 17.9. The van der Waals surface area contributed by atoms with Crippen LogP contribution in [0.1, 0.15) is 18.4 Å². The third-order valence-electron chi connectivity index (χ3n) is 4.46. The summed E-state index contributed by atoms with van der Waals surface area (Å²) in [6, 6.07) is 10.7. The van der Waals surface area contributed by atoms with Gasteiger partial charge in [0.05, 0.1) is 26.7 Å². The molecule has 1 atom stereocenters. The van der Waals surface area contributed by atoms with Gasteiger partial charge in [-0.3, -0.25) is 9.69 Å². The molecule has 7 heteroatoms. The van der Waals surface area contributed by atoms with E-state index in [0.717, 1.165) is 31.5 Å². The Morgan fingerprint density at radius 2 is 1.85 bits per heavy atom. The summed E-state index contributed by atoms with van der Waals surface area (Å²) in [4.78, 5) is 14.9. The molecule has 1 fully saturated rings. The molecular formula is C19H18Cl4N2O. The predicted octanol–water partition coefficient (Wildman–Crippen LogP) is 6.15. The molecule has 1 unspecified atom stereocenters. The van der Waals surface area contributed by atoms with Crippen molar-refractivity contribution in [3.05, 3.63) is 62.1 Å². The first-order valence-corrected chi connectivity index (χ1v) is 9.86. The van der Waals surface area contributed by atoms with E-state index >= 15 is 0 Å². The minimum absolute atomic E-state index is 0.0203. The topological polar surface area (TPSA) is 32.3 Å². The Bertz CT molecular complexity index is 812. The molecule has 2 aromatic carbocycles. The van der Waals surface area contributed by atoms with E-state index in [0.29, 0.717) is 32.3 Å². The summed E-state index contributed by atoms with van der Waals surface area (Å²) in [5, 5.41) is 4.99. The van der Waals surface area contributed by atoms with E-state index in [1.165, 1.54) is 0 Å². The van der Waals surface area contributed by atoms with E-state index < -0.39 is 0 Å². The maximum Gasteiger partial charge on any atom is 0.228 e.